The van der Waals surface area contributed by atoms with Crippen LogP contribution in [0.3, 0.4) is 0 Å². The fourth-order valence-electron chi connectivity index (χ4n) is 2.17. The molecule has 2 rings (SSSR count). The van der Waals surface area contributed by atoms with Crippen LogP contribution in [0.5, 0.6) is 5.75 Å². The maximum Gasteiger partial charge on any atom is 0.311 e. The van der Waals surface area contributed by atoms with Gasteiger partial charge < -0.3 is 14.4 Å². The minimum Gasteiger partial charge on any atom is -0.490 e. The number of ether oxygens (including phenoxy) is 2. The van der Waals surface area contributed by atoms with Crippen molar-refractivity contribution in [3.8, 4) is 5.75 Å². The van der Waals surface area contributed by atoms with Crippen molar-refractivity contribution in [3.63, 3.8) is 0 Å². The minimum atomic E-state index is -0.440. The number of rotatable bonds is 4. The molecule has 0 aliphatic carbocycles. The maximum absolute atomic E-state index is 10.8. The molecule has 98 valence electrons. The van der Waals surface area contributed by atoms with Crippen LogP contribution in [-0.4, -0.2) is 38.3 Å². The molecule has 1 aliphatic rings. The molecule has 1 unspecified atom stereocenters. The first-order chi connectivity index (χ1) is 8.65. The van der Waals surface area contributed by atoms with Gasteiger partial charge in [-0.05, 0) is 12.5 Å². The normalized spacial score (nSPS) is 19.0. The van der Waals surface area contributed by atoms with Gasteiger partial charge in [0.1, 0.15) is 0 Å². The Morgan fingerprint density at radius 1 is 1.44 bits per heavy atom. The number of nitro groups is 1. The van der Waals surface area contributed by atoms with Crippen molar-refractivity contribution in [1.82, 2.24) is 0 Å². The summed E-state index contributed by atoms with van der Waals surface area (Å²) in [5.41, 5.74) is 0.917. The van der Waals surface area contributed by atoms with Gasteiger partial charge in [0.2, 0.25) is 0 Å². The third-order valence-corrected chi connectivity index (χ3v) is 3.20. The van der Waals surface area contributed by atoms with Crippen molar-refractivity contribution in [1.29, 1.82) is 0 Å². The minimum absolute atomic E-state index is 0.0104. The lowest BCUT2D eigenvalue weighted by atomic mass is 10.2. The SMILES string of the molecule is COc1cc(N2CCC(OC)C2)ccc1[N+](=O)[O-]. The highest BCUT2D eigenvalue weighted by atomic mass is 16.6. The first-order valence-electron chi connectivity index (χ1n) is 5.76. The van der Waals surface area contributed by atoms with E-state index in [1.807, 2.05) is 0 Å². The number of hydrogen-bond donors (Lipinski definition) is 0. The molecule has 1 aromatic rings. The number of anilines is 1. The van der Waals surface area contributed by atoms with E-state index in [-0.39, 0.29) is 11.8 Å². The zero-order valence-electron chi connectivity index (χ0n) is 10.5. The Bertz CT molecular complexity index is 450. The third-order valence-electron chi connectivity index (χ3n) is 3.20. The Morgan fingerprint density at radius 2 is 2.22 bits per heavy atom. The van der Waals surface area contributed by atoms with E-state index < -0.39 is 4.92 Å². The average molecular weight is 252 g/mol. The standard InChI is InChI=1S/C12H16N2O4/c1-17-10-5-6-13(8-10)9-3-4-11(14(15)16)12(7-9)18-2/h3-4,7,10H,5-6,8H2,1-2H3. The van der Waals surface area contributed by atoms with Crippen LogP contribution in [-0.2, 0) is 4.74 Å². The second-order valence-corrected chi connectivity index (χ2v) is 4.21. The van der Waals surface area contributed by atoms with Gasteiger partial charge in [0, 0.05) is 38.0 Å². The van der Waals surface area contributed by atoms with Crippen LogP contribution in [0, 0.1) is 10.1 Å². The molecule has 6 heteroatoms. The van der Waals surface area contributed by atoms with Crippen molar-refractivity contribution in [2.45, 2.75) is 12.5 Å². The molecule has 0 amide bonds. The Morgan fingerprint density at radius 3 is 2.78 bits per heavy atom. The van der Waals surface area contributed by atoms with Gasteiger partial charge >= 0.3 is 5.69 Å². The molecule has 0 N–H and O–H groups in total. The summed E-state index contributed by atoms with van der Waals surface area (Å²) in [6.07, 6.45) is 1.20. The molecule has 1 fully saturated rings. The van der Waals surface area contributed by atoms with Crippen LogP contribution < -0.4 is 9.64 Å². The van der Waals surface area contributed by atoms with Gasteiger partial charge in [-0.25, -0.2) is 0 Å². The van der Waals surface area contributed by atoms with Crippen LogP contribution in [0.25, 0.3) is 0 Å². The number of nitrogens with zero attached hydrogens (tertiary/aromatic N) is 2. The summed E-state index contributed by atoms with van der Waals surface area (Å²) < 4.78 is 10.4. The van der Waals surface area contributed by atoms with Crippen LogP contribution in [0.1, 0.15) is 6.42 Å². The van der Waals surface area contributed by atoms with Gasteiger partial charge in [0.05, 0.1) is 18.1 Å². The van der Waals surface area contributed by atoms with E-state index >= 15 is 0 Å². The number of nitro benzene ring substituents is 1. The lowest BCUT2D eigenvalue weighted by molar-refractivity contribution is -0.385. The quantitative estimate of drug-likeness (QED) is 0.604. The molecule has 0 aromatic heterocycles. The second-order valence-electron chi connectivity index (χ2n) is 4.21. The zero-order chi connectivity index (χ0) is 13.1. The molecule has 0 saturated carbocycles. The van der Waals surface area contributed by atoms with Crippen LogP contribution in [0.4, 0.5) is 11.4 Å². The van der Waals surface area contributed by atoms with E-state index in [1.165, 1.54) is 13.2 Å². The molecule has 1 saturated heterocycles. The second kappa shape index (κ2) is 5.22. The van der Waals surface area contributed by atoms with Crippen LogP contribution >= 0.6 is 0 Å². The summed E-state index contributed by atoms with van der Waals surface area (Å²) in [5.74, 6) is 0.290. The number of hydrogen-bond acceptors (Lipinski definition) is 5. The van der Waals surface area contributed by atoms with Gasteiger partial charge in [0.25, 0.3) is 0 Å². The highest BCUT2D eigenvalue weighted by Gasteiger charge is 2.24. The summed E-state index contributed by atoms with van der Waals surface area (Å²) in [6, 6.07) is 4.93. The largest absolute Gasteiger partial charge is 0.490 e. The molecule has 0 spiro atoms. The van der Waals surface area contributed by atoms with Crippen molar-refractivity contribution in [2.75, 3.05) is 32.2 Å². The molecular weight excluding hydrogens is 236 g/mol. The van der Waals surface area contributed by atoms with E-state index in [1.54, 1.807) is 19.2 Å². The zero-order valence-corrected chi connectivity index (χ0v) is 10.5. The summed E-state index contributed by atoms with van der Waals surface area (Å²) in [4.78, 5) is 12.5. The van der Waals surface area contributed by atoms with E-state index in [2.05, 4.69) is 4.90 Å². The summed E-state index contributed by atoms with van der Waals surface area (Å²) >= 11 is 0. The van der Waals surface area contributed by atoms with E-state index in [4.69, 9.17) is 9.47 Å². The summed E-state index contributed by atoms with van der Waals surface area (Å²) in [6.45, 7) is 1.69. The van der Waals surface area contributed by atoms with Gasteiger partial charge in [-0.3, -0.25) is 10.1 Å². The topological polar surface area (TPSA) is 64.8 Å². The van der Waals surface area contributed by atoms with Gasteiger partial charge in [-0.15, -0.1) is 0 Å². The highest BCUT2D eigenvalue weighted by molar-refractivity contribution is 5.59. The van der Waals surface area contributed by atoms with Crippen molar-refractivity contribution < 1.29 is 14.4 Å². The molecular formula is C12H16N2O4. The lowest BCUT2D eigenvalue weighted by Crippen LogP contribution is -2.22. The maximum atomic E-state index is 10.8. The molecule has 0 radical (unpaired) electrons. The van der Waals surface area contributed by atoms with Gasteiger partial charge in [-0.1, -0.05) is 0 Å². The average Bonchev–Trinajstić information content (AvgIpc) is 2.86. The van der Waals surface area contributed by atoms with Gasteiger partial charge in [-0.2, -0.15) is 0 Å². The van der Waals surface area contributed by atoms with Crippen LogP contribution in [0.2, 0.25) is 0 Å². The number of methoxy groups -OCH3 is 2. The van der Waals surface area contributed by atoms with E-state index in [0.29, 0.717) is 5.75 Å². The third kappa shape index (κ3) is 2.38. The number of benzene rings is 1. The molecule has 1 heterocycles. The molecule has 0 bridgehead atoms. The Kier molecular flexibility index (Phi) is 3.66. The van der Waals surface area contributed by atoms with E-state index in [9.17, 15) is 10.1 Å². The Balaban J connectivity index is 2.22. The summed E-state index contributed by atoms with van der Waals surface area (Å²) in [5, 5.41) is 10.8. The highest BCUT2D eigenvalue weighted by Crippen LogP contribution is 2.32. The fourth-order valence-corrected chi connectivity index (χ4v) is 2.17. The van der Waals surface area contributed by atoms with Crippen LogP contribution in [0.15, 0.2) is 18.2 Å². The molecule has 1 aliphatic heterocycles. The van der Waals surface area contributed by atoms with Crippen molar-refractivity contribution >= 4 is 11.4 Å². The predicted molar refractivity (Wildman–Crippen MR) is 67.3 cm³/mol. The van der Waals surface area contributed by atoms with Crippen molar-refractivity contribution in [2.24, 2.45) is 0 Å². The first-order valence-corrected chi connectivity index (χ1v) is 5.76. The van der Waals surface area contributed by atoms with Gasteiger partial charge in [0.15, 0.2) is 5.75 Å². The monoisotopic (exact) mass is 252 g/mol. The van der Waals surface area contributed by atoms with Crippen molar-refractivity contribution in [3.05, 3.63) is 28.3 Å². The smallest absolute Gasteiger partial charge is 0.311 e. The molecule has 1 atom stereocenters. The Hall–Kier alpha value is -1.82. The Labute approximate surface area is 105 Å². The lowest BCUT2D eigenvalue weighted by Gasteiger charge is -2.18. The molecule has 6 nitrogen and oxygen atoms in total. The fraction of sp³-hybridized carbons (Fsp3) is 0.500. The molecule has 1 aromatic carbocycles. The predicted octanol–water partition coefficient (Wildman–Crippen LogP) is 1.83. The van der Waals surface area contributed by atoms with E-state index in [0.717, 1.165) is 25.2 Å². The first kappa shape index (κ1) is 12.6. The summed E-state index contributed by atoms with van der Waals surface area (Å²) in [7, 11) is 3.14. The molecule has 18 heavy (non-hydrogen) atoms.